The van der Waals surface area contributed by atoms with E-state index in [0.29, 0.717) is 5.57 Å². The van der Waals surface area contributed by atoms with Crippen LogP contribution >= 0.6 is 0 Å². The summed E-state index contributed by atoms with van der Waals surface area (Å²) in [5.41, 5.74) is 3.63. The number of carbonyl (C=O) groups excluding carboxylic acids is 1. The molecular formula is C18H16O3. The van der Waals surface area contributed by atoms with Gasteiger partial charge in [0.15, 0.2) is 0 Å². The number of fused-ring (bicyclic) bond motifs is 1. The van der Waals surface area contributed by atoms with Crippen LogP contribution in [0.15, 0.2) is 60.2 Å². The molecule has 1 atom stereocenters. The molecule has 0 saturated carbocycles. The number of rotatable bonds is 3. The van der Waals surface area contributed by atoms with Gasteiger partial charge in [-0.2, -0.15) is 0 Å². The third kappa shape index (κ3) is 2.26. The predicted molar refractivity (Wildman–Crippen MR) is 80.5 cm³/mol. The van der Waals surface area contributed by atoms with E-state index < -0.39 is 12.1 Å². The number of hydrogen-bond donors (Lipinski definition) is 1. The molecule has 2 aromatic carbocycles. The van der Waals surface area contributed by atoms with Gasteiger partial charge in [0, 0.05) is 5.57 Å². The fourth-order valence-electron chi connectivity index (χ4n) is 2.74. The molecule has 2 aromatic rings. The Bertz CT molecular complexity index is 701. The minimum Gasteiger partial charge on any atom is -0.463 e. The molecule has 3 nitrogen and oxygen atoms in total. The van der Waals surface area contributed by atoms with Crippen LogP contribution in [-0.4, -0.2) is 17.7 Å². The van der Waals surface area contributed by atoms with Crippen molar-refractivity contribution in [3.63, 3.8) is 0 Å². The first-order valence-electron chi connectivity index (χ1n) is 6.98. The van der Waals surface area contributed by atoms with Gasteiger partial charge in [0.25, 0.3) is 0 Å². The Morgan fingerprint density at radius 2 is 1.76 bits per heavy atom. The fourth-order valence-corrected chi connectivity index (χ4v) is 2.74. The van der Waals surface area contributed by atoms with Crippen LogP contribution in [0.3, 0.4) is 0 Å². The summed E-state index contributed by atoms with van der Waals surface area (Å²) < 4.78 is 5.12. The number of benzene rings is 2. The van der Waals surface area contributed by atoms with Crippen LogP contribution in [0.4, 0.5) is 0 Å². The lowest BCUT2D eigenvalue weighted by Crippen LogP contribution is -2.13. The fraction of sp³-hybridized carbons (Fsp3) is 0.167. The lowest BCUT2D eigenvalue weighted by molar-refractivity contribution is -0.139. The molecular weight excluding hydrogens is 264 g/mol. The van der Waals surface area contributed by atoms with Crippen LogP contribution in [0.25, 0.3) is 5.57 Å². The van der Waals surface area contributed by atoms with Gasteiger partial charge < -0.3 is 9.84 Å². The molecule has 0 amide bonds. The minimum absolute atomic E-state index is 0.285. The standard InChI is InChI=1S/C18H16O3/c1-2-21-18(20)16-15(12-8-4-3-5-9-12)13-10-6-7-11-14(13)17(16)19/h3-11,17,19H,2H2,1H3. The van der Waals surface area contributed by atoms with E-state index in [1.54, 1.807) is 6.92 Å². The molecule has 3 rings (SSSR count). The molecule has 21 heavy (non-hydrogen) atoms. The number of esters is 1. The third-order valence-electron chi connectivity index (χ3n) is 3.63. The number of ether oxygens (including phenoxy) is 1. The zero-order valence-electron chi connectivity index (χ0n) is 11.7. The van der Waals surface area contributed by atoms with Crippen LogP contribution in [0, 0.1) is 0 Å². The Morgan fingerprint density at radius 1 is 1.10 bits per heavy atom. The van der Waals surface area contributed by atoms with Crippen molar-refractivity contribution in [1.82, 2.24) is 0 Å². The summed E-state index contributed by atoms with van der Waals surface area (Å²) in [6, 6.07) is 17.2. The molecule has 0 fully saturated rings. The maximum Gasteiger partial charge on any atom is 0.337 e. The molecule has 0 aliphatic heterocycles. The molecule has 0 aromatic heterocycles. The summed E-state index contributed by atoms with van der Waals surface area (Å²) in [6.45, 7) is 2.04. The Balaban J connectivity index is 2.22. The molecule has 1 aliphatic rings. The summed E-state index contributed by atoms with van der Waals surface area (Å²) in [5, 5.41) is 10.5. The largest absolute Gasteiger partial charge is 0.463 e. The topological polar surface area (TPSA) is 46.5 Å². The van der Waals surface area contributed by atoms with E-state index in [2.05, 4.69) is 0 Å². The average molecular weight is 280 g/mol. The summed E-state index contributed by atoms with van der Waals surface area (Å²) >= 11 is 0. The first kappa shape index (κ1) is 13.6. The maximum atomic E-state index is 12.3. The molecule has 1 aliphatic carbocycles. The van der Waals surface area contributed by atoms with Gasteiger partial charge in [-0.15, -0.1) is 0 Å². The molecule has 0 radical (unpaired) electrons. The highest BCUT2D eigenvalue weighted by atomic mass is 16.5. The SMILES string of the molecule is CCOC(=O)C1=C(c2ccccc2)c2ccccc2C1O. The second-order valence-electron chi connectivity index (χ2n) is 4.86. The summed E-state index contributed by atoms with van der Waals surface area (Å²) in [4.78, 5) is 12.3. The summed E-state index contributed by atoms with van der Waals surface area (Å²) in [7, 11) is 0. The summed E-state index contributed by atoms with van der Waals surface area (Å²) in [5.74, 6) is -0.458. The second-order valence-corrected chi connectivity index (χ2v) is 4.86. The van der Waals surface area contributed by atoms with Gasteiger partial charge >= 0.3 is 5.97 Å². The van der Waals surface area contributed by atoms with Crippen molar-refractivity contribution < 1.29 is 14.6 Å². The molecule has 1 N–H and O–H groups in total. The van der Waals surface area contributed by atoms with Crippen molar-refractivity contribution in [2.45, 2.75) is 13.0 Å². The Hall–Kier alpha value is -2.39. The lowest BCUT2D eigenvalue weighted by Gasteiger charge is -2.10. The third-order valence-corrected chi connectivity index (χ3v) is 3.63. The summed E-state index contributed by atoms with van der Waals surface area (Å²) in [6.07, 6.45) is -0.935. The van der Waals surface area contributed by atoms with Gasteiger partial charge in [-0.25, -0.2) is 4.79 Å². The normalized spacial score (nSPS) is 16.8. The molecule has 0 saturated heterocycles. The monoisotopic (exact) mass is 280 g/mol. The van der Waals surface area contributed by atoms with Crippen LogP contribution in [0.1, 0.15) is 29.7 Å². The van der Waals surface area contributed by atoms with Crippen molar-refractivity contribution in [1.29, 1.82) is 0 Å². The molecule has 0 heterocycles. The zero-order chi connectivity index (χ0) is 14.8. The van der Waals surface area contributed by atoms with E-state index in [1.807, 2.05) is 54.6 Å². The van der Waals surface area contributed by atoms with E-state index in [4.69, 9.17) is 4.74 Å². The van der Waals surface area contributed by atoms with Crippen molar-refractivity contribution in [2.24, 2.45) is 0 Å². The first-order chi connectivity index (χ1) is 10.2. The molecule has 106 valence electrons. The molecule has 1 unspecified atom stereocenters. The van der Waals surface area contributed by atoms with Gasteiger partial charge in [-0.3, -0.25) is 0 Å². The average Bonchev–Trinajstić information content (AvgIpc) is 2.82. The van der Waals surface area contributed by atoms with Gasteiger partial charge in [0.2, 0.25) is 0 Å². The highest BCUT2D eigenvalue weighted by Gasteiger charge is 2.35. The van der Waals surface area contributed by atoms with Gasteiger partial charge in [0.05, 0.1) is 12.2 Å². The van der Waals surface area contributed by atoms with Gasteiger partial charge in [0.1, 0.15) is 6.10 Å². The van der Waals surface area contributed by atoms with Gasteiger partial charge in [-0.05, 0) is 23.6 Å². The van der Waals surface area contributed by atoms with E-state index in [1.165, 1.54) is 0 Å². The van der Waals surface area contributed by atoms with Crippen LogP contribution in [-0.2, 0) is 9.53 Å². The van der Waals surface area contributed by atoms with Crippen LogP contribution < -0.4 is 0 Å². The number of carbonyl (C=O) groups is 1. The number of hydrogen-bond acceptors (Lipinski definition) is 3. The second kappa shape index (κ2) is 5.54. The molecule has 0 bridgehead atoms. The smallest absolute Gasteiger partial charge is 0.337 e. The highest BCUT2D eigenvalue weighted by molar-refractivity contribution is 6.06. The number of aliphatic hydroxyl groups is 1. The van der Waals surface area contributed by atoms with Gasteiger partial charge in [-0.1, -0.05) is 54.6 Å². The maximum absolute atomic E-state index is 12.3. The Morgan fingerprint density at radius 3 is 2.48 bits per heavy atom. The van der Waals surface area contributed by atoms with Crippen LogP contribution in [0.5, 0.6) is 0 Å². The van der Waals surface area contributed by atoms with Crippen molar-refractivity contribution in [3.8, 4) is 0 Å². The van der Waals surface area contributed by atoms with E-state index >= 15 is 0 Å². The quantitative estimate of drug-likeness (QED) is 0.879. The zero-order valence-corrected chi connectivity index (χ0v) is 11.7. The molecule has 3 heteroatoms. The lowest BCUT2D eigenvalue weighted by atomic mass is 9.97. The molecule has 0 spiro atoms. The van der Waals surface area contributed by atoms with E-state index in [9.17, 15) is 9.90 Å². The Labute approximate surface area is 123 Å². The number of aliphatic hydroxyl groups excluding tert-OH is 1. The van der Waals surface area contributed by atoms with Crippen molar-refractivity contribution in [2.75, 3.05) is 6.61 Å². The minimum atomic E-state index is -0.935. The first-order valence-corrected chi connectivity index (χ1v) is 6.98. The van der Waals surface area contributed by atoms with Crippen molar-refractivity contribution in [3.05, 3.63) is 76.9 Å². The van der Waals surface area contributed by atoms with E-state index in [-0.39, 0.29) is 6.61 Å². The Kier molecular flexibility index (Phi) is 3.59. The van der Waals surface area contributed by atoms with E-state index in [0.717, 1.165) is 22.3 Å². The predicted octanol–water partition coefficient (Wildman–Crippen LogP) is 3.10. The van der Waals surface area contributed by atoms with Crippen molar-refractivity contribution >= 4 is 11.5 Å². The highest BCUT2D eigenvalue weighted by Crippen LogP contribution is 2.43. The van der Waals surface area contributed by atoms with Crippen LogP contribution in [0.2, 0.25) is 0 Å².